The predicted molar refractivity (Wildman–Crippen MR) is 119 cm³/mol. The molecule has 0 amide bonds. The number of hydrogen-bond donors (Lipinski definition) is 2. The molecule has 3 heterocycles. The molecule has 1 saturated heterocycles. The molecule has 2 N–H and O–H groups in total. The number of halogens is 1. The van der Waals surface area contributed by atoms with Gasteiger partial charge in [-0.1, -0.05) is 33.6 Å². The summed E-state index contributed by atoms with van der Waals surface area (Å²) in [7, 11) is -3.91. The molecule has 0 aliphatic carbocycles. The van der Waals surface area contributed by atoms with Crippen molar-refractivity contribution >= 4 is 29.8 Å². The fourth-order valence-electron chi connectivity index (χ4n) is 3.73. The molecule has 2 aliphatic rings. The summed E-state index contributed by atoms with van der Waals surface area (Å²) in [6.45, 7) is 3.58. The van der Waals surface area contributed by atoms with Crippen molar-refractivity contribution in [2.45, 2.75) is 45.3 Å². The number of fused-ring (bicyclic) bond motifs is 1. The zero-order chi connectivity index (χ0) is 23.0. The third-order valence-electron chi connectivity index (χ3n) is 5.23. The molecule has 172 valence electrons. The van der Waals surface area contributed by atoms with Crippen molar-refractivity contribution in [1.29, 1.82) is 0 Å². The normalized spacial score (nSPS) is 27.4. The summed E-state index contributed by atoms with van der Waals surface area (Å²) < 4.78 is 36.2. The summed E-state index contributed by atoms with van der Waals surface area (Å²) in [6, 6.07) is 3.80. The number of ether oxygens (including phenoxy) is 1. The van der Waals surface area contributed by atoms with Gasteiger partial charge in [-0.3, -0.25) is 23.4 Å². The minimum atomic E-state index is -3.91. The highest BCUT2D eigenvalue weighted by Gasteiger charge is 2.40. The SMILES string of the molecule is Cc1cc(C)c2c(c1)COP(=O)(OC[C@H]1O[C@@H](n3cc(/C=C/Br)c(=O)[nH]c3=O)C[C@@H]1O)O2. The van der Waals surface area contributed by atoms with Gasteiger partial charge in [-0.15, -0.1) is 0 Å². The fourth-order valence-corrected chi connectivity index (χ4v) is 5.31. The smallest absolute Gasteiger partial charge is 0.403 e. The Kier molecular flexibility index (Phi) is 6.58. The Morgan fingerprint density at radius 2 is 2.16 bits per heavy atom. The molecule has 0 bridgehead atoms. The lowest BCUT2D eigenvalue weighted by Crippen LogP contribution is -2.33. The molecule has 4 atom stereocenters. The molecular weight excluding hydrogens is 507 g/mol. The average Bonchev–Trinajstić information content (AvgIpc) is 3.10. The number of aromatic nitrogens is 2. The molecule has 1 fully saturated rings. The van der Waals surface area contributed by atoms with Gasteiger partial charge in [0, 0.05) is 18.2 Å². The summed E-state index contributed by atoms with van der Waals surface area (Å²) in [5, 5.41) is 10.4. The molecule has 12 heteroatoms. The Balaban J connectivity index is 1.46. The lowest BCUT2D eigenvalue weighted by atomic mass is 10.1. The third-order valence-corrected chi connectivity index (χ3v) is 6.81. The number of hydrogen-bond acceptors (Lipinski definition) is 8. The number of benzene rings is 1. The van der Waals surface area contributed by atoms with Crippen LogP contribution in [0.3, 0.4) is 0 Å². The van der Waals surface area contributed by atoms with Gasteiger partial charge in [0.05, 0.1) is 24.9 Å². The number of phosphoric ester groups is 1. The van der Waals surface area contributed by atoms with Crippen LogP contribution in [-0.2, 0) is 25.0 Å². The first-order valence-electron chi connectivity index (χ1n) is 9.83. The number of nitrogens with zero attached hydrogens (tertiary/aromatic N) is 1. The van der Waals surface area contributed by atoms with Gasteiger partial charge in [0.25, 0.3) is 5.56 Å². The van der Waals surface area contributed by atoms with E-state index in [1.165, 1.54) is 21.8 Å². The first-order chi connectivity index (χ1) is 15.2. The van der Waals surface area contributed by atoms with E-state index in [0.717, 1.165) is 16.7 Å². The Morgan fingerprint density at radius 3 is 2.91 bits per heavy atom. The monoisotopic (exact) mass is 528 g/mol. The average molecular weight is 529 g/mol. The van der Waals surface area contributed by atoms with Crippen LogP contribution >= 0.6 is 23.8 Å². The van der Waals surface area contributed by atoms with Gasteiger partial charge in [0.2, 0.25) is 0 Å². The number of aryl methyl sites for hydroxylation is 2. The number of aliphatic hydroxyl groups excluding tert-OH is 1. The van der Waals surface area contributed by atoms with Gasteiger partial charge in [0.15, 0.2) is 0 Å². The molecule has 0 radical (unpaired) electrons. The summed E-state index contributed by atoms with van der Waals surface area (Å²) in [6.07, 6.45) is 0.174. The molecule has 4 rings (SSSR count). The zero-order valence-corrected chi connectivity index (χ0v) is 19.8. The van der Waals surface area contributed by atoms with Gasteiger partial charge < -0.3 is 14.4 Å². The van der Waals surface area contributed by atoms with Crippen LogP contribution in [0.5, 0.6) is 5.75 Å². The minimum Gasteiger partial charge on any atom is -0.403 e. The van der Waals surface area contributed by atoms with Crippen LogP contribution in [0, 0.1) is 13.8 Å². The molecule has 0 spiro atoms. The Labute approximate surface area is 191 Å². The van der Waals surface area contributed by atoms with Gasteiger partial charge >= 0.3 is 13.5 Å². The van der Waals surface area contributed by atoms with E-state index in [1.54, 1.807) is 0 Å². The van der Waals surface area contributed by atoms with Crippen molar-refractivity contribution in [3.05, 3.63) is 66.4 Å². The fraction of sp³-hybridized carbons (Fsp3) is 0.400. The second-order valence-electron chi connectivity index (χ2n) is 7.65. The Hall–Kier alpha value is -2.01. The summed E-state index contributed by atoms with van der Waals surface area (Å²) in [4.78, 5) is 27.8. The van der Waals surface area contributed by atoms with Gasteiger partial charge in [0.1, 0.15) is 18.1 Å². The van der Waals surface area contributed by atoms with Crippen LogP contribution in [0.15, 0.2) is 32.9 Å². The van der Waals surface area contributed by atoms with Crippen molar-refractivity contribution in [2.24, 2.45) is 0 Å². The highest BCUT2D eigenvalue weighted by atomic mass is 79.9. The summed E-state index contributed by atoms with van der Waals surface area (Å²) in [5.74, 6) is 0.461. The van der Waals surface area contributed by atoms with Gasteiger partial charge in [-0.05, 0) is 30.5 Å². The van der Waals surface area contributed by atoms with Gasteiger partial charge in [-0.2, -0.15) is 0 Å². The van der Waals surface area contributed by atoms with E-state index < -0.39 is 37.5 Å². The first-order valence-corrected chi connectivity index (χ1v) is 12.2. The van der Waals surface area contributed by atoms with Crippen molar-refractivity contribution in [2.75, 3.05) is 6.61 Å². The van der Waals surface area contributed by atoms with Crippen LogP contribution in [0.1, 0.15) is 34.9 Å². The number of phosphoric acid groups is 1. The van der Waals surface area contributed by atoms with E-state index in [2.05, 4.69) is 20.9 Å². The minimum absolute atomic E-state index is 0.0719. The van der Waals surface area contributed by atoms with Crippen LogP contribution in [0.4, 0.5) is 0 Å². The Morgan fingerprint density at radius 1 is 1.38 bits per heavy atom. The number of nitrogens with one attached hydrogen (secondary N) is 1. The first kappa shape index (κ1) is 23.2. The van der Waals surface area contributed by atoms with E-state index in [-0.39, 0.29) is 25.2 Å². The highest BCUT2D eigenvalue weighted by Crippen LogP contribution is 2.55. The molecule has 1 unspecified atom stereocenters. The molecule has 2 aliphatic heterocycles. The highest BCUT2D eigenvalue weighted by molar-refractivity contribution is 9.11. The van der Waals surface area contributed by atoms with Crippen molar-refractivity contribution in [1.82, 2.24) is 9.55 Å². The Bertz CT molecular complexity index is 1220. The molecule has 1 aromatic heterocycles. The lowest BCUT2D eigenvalue weighted by molar-refractivity contribution is -0.0468. The van der Waals surface area contributed by atoms with Crippen molar-refractivity contribution in [3.63, 3.8) is 0 Å². The number of aliphatic hydroxyl groups is 1. The summed E-state index contributed by atoms with van der Waals surface area (Å²) >= 11 is 3.09. The van der Waals surface area contributed by atoms with Crippen molar-refractivity contribution < 1.29 is 28.0 Å². The predicted octanol–water partition coefficient (Wildman–Crippen LogP) is 2.90. The number of H-pyrrole nitrogens is 1. The molecule has 32 heavy (non-hydrogen) atoms. The maximum atomic E-state index is 12.9. The van der Waals surface area contributed by atoms with Crippen LogP contribution in [-0.4, -0.2) is 33.5 Å². The number of rotatable bonds is 5. The van der Waals surface area contributed by atoms with E-state index in [9.17, 15) is 19.3 Å². The van der Waals surface area contributed by atoms with E-state index in [0.29, 0.717) is 5.75 Å². The molecule has 0 saturated carbocycles. The number of aromatic amines is 1. The molecule has 10 nitrogen and oxygen atoms in total. The quantitative estimate of drug-likeness (QED) is 0.566. The molecular formula is C20H22BrN2O8P. The summed E-state index contributed by atoms with van der Waals surface area (Å²) in [5.41, 5.74) is 1.64. The third kappa shape index (κ3) is 4.68. The second-order valence-corrected chi connectivity index (χ2v) is 9.78. The standard InChI is InChI=1S/C20H22BrN2O8P/c1-11-5-12(2)18-14(6-11)9-28-32(27,31-18)29-10-16-15(24)7-17(30-16)23-8-13(3-4-21)19(25)22-20(23)26/h3-6,8,15-17,24H,7,9-10H2,1-2H3,(H,22,25,26)/b4-3+/t15-,16+,17+,32?/m0/s1. The van der Waals surface area contributed by atoms with Crippen LogP contribution in [0.25, 0.3) is 6.08 Å². The van der Waals surface area contributed by atoms with E-state index in [4.69, 9.17) is 18.3 Å². The maximum absolute atomic E-state index is 12.9. The van der Waals surface area contributed by atoms with E-state index >= 15 is 0 Å². The van der Waals surface area contributed by atoms with E-state index in [1.807, 2.05) is 26.0 Å². The topological polar surface area (TPSA) is 129 Å². The largest absolute Gasteiger partial charge is 0.530 e. The molecule has 2 aromatic rings. The maximum Gasteiger partial charge on any atom is 0.530 e. The van der Waals surface area contributed by atoms with Gasteiger partial charge in [-0.25, -0.2) is 9.36 Å². The second kappa shape index (κ2) is 9.09. The van der Waals surface area contributed by atoms with Crippen molar-refractivity contribution in [3.8, 4) is 5.75 Å². The lowest BCUT2D eigenvalue weighted by Gasteiger charge is -2.27. The van der Waals surface area contributed by atoms with Crippen LogP contribution < -0.4 is 15.8 Å². The molecule has 1 aromatic carbocycles. The van der Waals surface area contributed by atoms with Crippen LogP contribution in [0.2, 0.25) is 0 Å². The zero-order valence-electron chi connectivity index (χ0n) is 17.3.